The molecule has 5 nitrogen and oxygen atoms in total. The lowest BCUT2D eigenvalue weighted by molar-refractivity contribution is 0.0311. The molecule has 0 spiro atoms. The van der Waals surface area contributed by atoms with Gasteiger partial charge in [0.25, 0.3) is 0 Å². The molecule has 0 saturated carbocycles. The van der Waals surface area contributed by atoms with Gasteiger partial charge in [-0.25, -0.2) is 13.1 Å². The van der Waals surface area contributed by atoms with Crippen LogP contribution >= 0.6 is 22.9 Å². The average Bonchev–Trinajstić information content (AvgIpc) is 3.04. The molecule has 0 amide bonds. The maximum absolute atomic E-state index is 12.5. The summed E-state index contributed by atoms with van der Waals surface area (Å²) in [5.41, 5.74) is 1.37. The van der Waals surface area contributed by atoms with Gasteiger partial charge in [0, 0.05) is 11.6 Å². The van der Waals surface area contributed by atoms with E-state index in [1.807, 2.05) is 16.8 Å². The second-order valence-electron chi connectivity index (χ2n) is 4.85. The molecule has 0 aliphatic rings. The maximum atomic E-state index is 12.5. The molecule has 1 aromatic carbocycles. The number of rotatable bonds is 8. The summed E-state index contributed by atoms with van der Waals surface area (Å²) in [6, 6.07) is 6.63. The molecule has 0 unspecified atom stereocenters. The molecule has 0 fully saturated rings. The fourth-order valence-electron chi connectivity index (χ4n) is 2.07. The first-order valence-electron chi connectivity index (χ1n) is 6.95. The molecule has 2 rings (SSSR count). The average molecular weight is 376 g/mol. The van der Waals surface area contributed by atoms with E-state index in [9.17, 15) is 8.42 Å². The molecular weight excluding hydrogens is 358 g/mol. The fraction of sp³-hybridized carbons (Fsp3) is 0.333. The van der Waals surface area contributed by atoms with Crippen molar-refractivity contribution < 1.29 is 18.3 Å². The van der Waals surface area contributed by atoms with E-state index in [4.69, 9.17) is 21.4 Å². The van der Waals surface area contributed by atoms with Crippen molar-refractivity contribution >= 4 is 33.0 Å². The predicted molar refractivity (Wildman–Crippen MR) is 91.5 cm³/mol. The van der Waals surface area contributed by atoms with Gasteiger partial charge >= 0.3 is 0 Å². The van der Waals surface area contributed by atoms with Crippen LogP contribution in [0.25, 0.3) is 0 Å². The Kier molecular flexibility index (Phi) is 6.58. The predicted octanol–water partition coefficient (Wildman–Crippen LogP) is 2.74. The number of ether oxygens (including phenoxy) is 1. The molecule has 2 N–H and O–H groups in total. The Morgan fingerprint density at radius 3 is 2.83 bits per heavy atom. The van der Waals surface area contributed by atoms with Crippen LogP contribution in [-0.4, -0.2) is 33.3 Å². The molecule has 2 aromatic rings. The van der Waals surface area contributed by atoms with Crippen LogP contribution in [0.4, 0.5) is 0 Å². The number of benzene rings is 1. The highest BCUT2D eigenvalue weighted by Crippen LogP contribution is 2.24. The van der Waals surface area contributed by atoms with Gasteiger partial charge in [0.1, 0.15) is 0 Å². The van der Waals surface area contributed by atoms with Crippen molar-refractivity contribution in [2.24, 2.45) is 0 Å². The zero-order valence-corrected chi connectivity index (χ0v) is 14.9. The number of aliphatic hydroxyl groups is 1. The Balaban J connectivity index is 2.14. The van der Waals surface area contributed by atoms with E-state index >= 15 is 0 Å². The van der Waals surface area contributed by atoms with Crippen LogP contribution in [0, 0.1) is 6.92 Å². The van der Waals surface area contributed by atoms with Crippen LogP contribution in [0.3, 0.4) is 0 Å². The third-order valence-corrected chi connectivity index (χ3v) is 5.97. The summed E-state index contributed by atoms with van der Waals surface area (Å²) in [5.74, 6) is 0. The Morgan fingerprint density at radius 2 is 2.17 bits per heavy atom. The van der Waals surface area contributed by atoms with Crippen molar-refractivity contribution in [3.8, 4) is 0 Å². The zero-order chi connectivity index (χ0) is 16.9. The lowest BCUT2D eigenvalue weighted by Crippen LogP contribution is -2.30. The number of aliphatic hydroxyl groups excluding tert-OH is 1. The van der Waals surface area contributed by atoms with Crippen molar-refractivity contribution in [2.75, 3.05) is 19.8 Å². The zero-order valence-electron chi connectivity index (χ0n) is 12.5. The monoisotopic (exact) mass is 375 g/mol. The summed E-state index contributed by atoms with van der Waals surface area (Å²) in [6.45, 7) is 1.75. The van der Waals surface area contributed by atoms with Crippen molar-refractivity contribution in [2.45, 2.75) is 17.9 Å². The minimum atomic E-state index is -3.70. The minimum Gasteiger partial charge on any atom is -0.394 e. The number of thiophene rings is 1. The normalized spacial score (nSPS) is 13.2. The first kappa shape index (κ1) is 18.4. The minimum absolute atomic E-state index is 0.0744. The number of nitrogens with one attached hydrogen (secondary N) is 1. The van der Waals surface area contributed by atoms with E-state index in [-0.39, 0.29) is 24.7 Å². The van der Waals surface area contributed by atoms with Crippen molar-refractivity contribution in [1.82, 2.24) is 4.72 Å². The lowest BCUT2D eigenvalue weighted by atomic mass is 10.2. The summed E-state index contributed by atoms with van der Waals surface area (Å²) in [7, 11) is -3.70. The SMILES string of the molecule is Cc1c(Cl)cccc1S(=O)(=O)NC[C@@H](OCCO)c1ccsc1. The third kappa shape index (κ3) is 4.76. The van der Waals surface area contributed by atoms with E-state index in [0.29, 0.717) is 10.6 Å². The molecular formula is C15H18ClNO4S2. The molecule has 0 saturated heterocycles. The molecule has 8 heteroatoms. The van der Waals surface area contributed by atoms with Crippen LogP contribution in [0.5, 0.6) is 0 Å². The van der Waals surface area contributed by atoms with Gasteiger partial charge in [-0.2, -0.15) is 11.3 Å². The number of sulfonamides is 1. The van der Waals surface area contributed by atoms with Crippen molar-refractivity contribution in [3.05, 3.63) is 51.2 Å². The van der Waals surface area contributed by atoms with Gasteiger partial charge in [0.15, 0.2) is 0 Å². The molecule has 1 aromatic heterocycles. The Morgan fingerprint density at radius 1 is 1.39 bits per heavy atom. The van der Waals surface area contributed by atoms with Crippen molar-refractivity contribution in [3.63, 3.8) is 0 Å². The highest BCUT2D eigenvalue weighted by Gasteiger charge is 2.21. The summed E-state index contributed by atoms with van der Waals surface area (Å²) >= 11 is 7.49. The standard InChI is InChI=1S/C15H18ClNO4S2/c1-11-13(16)3-2-4-15(11)23(19,20)17-9-14(21-7-6-18)12-5-8-22-10-12/h2-5,8,10,14,17-18H,6-7,9H2,1H3/t14-/m1/s1. The number of halogens is 1. The van der Waals surface area contributed by atoms with E-state index in [1.54, 1.807) is 19.1 Å². The highest BCUT2D eigenvalue weighted by molar-refractivity contribution is 7.89. The molecule has 23 heavy (non-hydrogen) atoms. The van der Waals surface area contributed by atoms with Crippen molar-refractivity contribution in [1.29, 1.82) is 0 Å². The van der Waals surface area contributed by atoms with E-state index in [2.05, 4.69) is 4.72 Å². The highest BCUT2D eigenvalue weighted by atomic mass is 35.5. The second kappa shape index (κ2) is 8.23. The Labute approximate surface area is 144 Å². The van der Waals surface area contributed by atoms with Crippen LogP contribution in [-0.2, 0) is 14.8 Å². The fourth-order valence-corrected chi connectivity index (χ4v) is 4.30. The van der Waals surface area contributed by atoms with Gasteiger partial charge in [-0.05, 0) is 47.0 Å². The quantitative estimate of drug-likeness (QED) is 0.743. The summed E-state index contributed by atoms with van der Waals surface area (Å²) in [6.07, 6.45) is -0.456. The van der Waals surface area contributed by atoms with Crippen LogP contribution < -0.4 is 4.72 Å². The Hall–Kier alpha value is -0.960. The van der Waals surface area contributed by atoms with Crippen LogP contribution in [0.1, 0.15) is 17.2 Å². The topological polar surface area (TPSA) is 75.6 Å². The van der Waals surface area contributed by atoms with Gasteiger partial charge in [-0.15, -0.1) is 0 Å². The van der Waals surface area contributed by atoms with Gasteiger partial charge in [0.2, 0.25) is 10.0 Å². The molecule has 0 bridgehead atoms. The largest absolute Gasteiger partial charge is 0.394 e. The summed E-state index contributed by atoms with van der Waals surface area (Å²) < 4.78 is 33.0. The van der Waals surface area contributed by atoms with Gasteiger partial charge in [-0.3, -0.25) is 0 Å². The molecule has 1 atom stereocenters. The Bertz CT molecular complexity index is 732. The number of hydrogen-bond donors (Lipinski definition) is 2. The molecule has 0 aliphatic heterocycles. The smallest absolute Gasteiger partial charge is 0.240 e. The first-order valence-corrected chi connectivity index (χ1v) is 9.75. The lowest BCUT2D eigenvalue weighted by Gasteiger charge is -2.18. The molecule has 0 radical (unpaired) electrons. The van der Waals surface area contributed by atoms with E-state index in [1.165, 1.54) is 17.4 Å². The van der Waals surface area contributed by atoms with Gasteiger partial charge in [0.05, 0.1) is 24.2 Å². The number of hydrogen-bond acceptors (Lipinski definition) is 5. The summed E-state index contributed by atoms with van der Waals surface area (Å²) in [4.78, 5) is 0.149. The molecule has 126 valence electrons. The molecule has 1 heterocycles. The maximum Gasteiger partial charge on any atom is 0.240 e. The van der Waals surface area contributed by atoms with Gasteiger partial charge < -0.3 is 9.84 Å². The molecule has 0 aliphatic carbocycles. The summed E-state index contributed by atoms with van der Waals surface area (Å²) in [5, 5.41) is 13.1. The van der Waals surface area contributed by atoms with Crippen LogP contribution in [0.2, 0.25) is 5.02 Å². The first-order chi connectivity index (χ1) is 11.0. The van der Waals surface area contributed by atoms with Crippen LogP contribution in [0.15, 0.2) is 39.9 Å². The third-order valence-electron chi connectivity index (χ3n) is 3.29. The van der Waals surface area contributed by atoms with Gasteiger partial charge in [-0.1, -0.05) is 17.7 Å². The van der Waals surface area contributed by atoms with E-state index < -0.39 is 16.1 Å². The second-order valence-corrected chi connectivity index (χ2v) is 7.78. The van der Waals surface area contributed by atoms with E-state index in [0.717, 1.165) is 5.56 Å².